The number of hydrogen-bond acceptors (Lipinski definition) is 1. The Labute approximate surface area is 137 Å². The number of hydrogen-bond donors (Lipinski definition) is 0. The molecule has 0 N–H and O–H groups in total. The Morgan fingerprint density at radius 3 is 2.30 bits per heavy atom. The van der Waals surface area contributed by atoms with Crippen LogP contribution in [0.5, 0.6) is 0 Å². The molecule has 2 aliphatic rings. The topological polar surface area (TPSA) is 17.8 Å². The van der Waals surface area contributed by atoms with Crippen molar-refractivity contribution in [1.82, 2.24) is 9.55 Å². The molecule has 0 amide bonds. The molecule has 122 valence electrons. The van der Waals surface area contributed by atoms with Gasteiger partial charge >= 0.3 is 0 Å². The molecule has 23 heavy (non-hydrogen) atoms. The molecule has 3 heteroatoms. The van der Waals surface area contributed by atoms with Gasteiger partial charge in [0, 0.05) is 24.4 Å². The maximum absolute atomic E-state index is 13.1. The van der Waals surface area contributed by atoms with E-state index in [9.17, 15) is 4.39 Å². The number of halogens is 1. The van der Waals surface area contributed by atoms with E-state index in [1.807, 2.05) is 18.3 Å². The molecule has 2 aromatic rings. The highest BCUT2D eigenvalue weighted by Crippen LogP contribution is 2.41. The molecule has 2 saturated carbocycles. The fourth-order valence-corrected chi connectivity index (χ4v) is 4.02. The minimum absolute atomic E-state index is 0.139. The highest BCUT2D eigenvalue weighted by molar-refractivity contribution is 5.22. The number of imidazole rings is 1. The van der Waals surface area contributed by atoms with Gasteiger partial charge in [-0.15, -0.1) is 0 Å². The van der Waals surface area contributed by atoms with Crippen molar-refractivity contribution >= 4 is 0 Å². The van der Waals surface area contributed by atoms with Crippen molar-refractivity contribution in [1.29, 1.82) is 0 Å². The number of aryl methyl sites for hydroxylation is 1. The van der Waals surface area contributed by atoms with Crippen LogP contribution in [0.1, 0.15) is 67.4 Å². The van der Waals surface area contributed by atoms with Gasteiger partial charge in [-0.1, -0.05) is 12.1 Å². The average Bonchev–Trinajstić information content (AvgIpc) is 3.32. The quantitative estimate of drug-likeness (QED) is 0.760. The van der Waals surface area contributed by atoms with E-state index in [0.717, 1.165) is 5.92 Å². The van der Waals surface area contributed by atoms with Gasteiger partial charge in [0.15, 0.2) is 0 Å². The Bertz CT molecular complexity index is 661. The first kappa shape index (κ1) is 14.9. The van der Waals surface area contributed by atoms with E-state index in [0.29, 0.717) is 11.8 Å². The van der Waals surface area contributed by atoms with Gasteiger partial charge in [-0.25, -0.2) is 9.37 Å². The lowest BCUT2D eigenvalue weighted by atomic mass is 9.78. The minimum atomic E-state index is -0.139. The van der Waals surface area contributed by atoms with Crippen LogP contribution >= 0.6 is 0 Å². The first-order valence-electron chi connectivity index (χ1n) is 8.98. The molecule has 2 nitrogen and oxygen atoms in total. The van der Waals surface area contributed by atoms with E-state index < -0.39 is 0 Å². The van der Waals surface area contributed by atoms with Gasteiger partial charge in [0.2, 0.25) is 0 Å². The highest BCUT2D eigenvalue weighted by Gasteiger charge is 2.29. The third kappa shape index (κ3) is 3.19. The lowest BCUT2D eigenvalue weighted by Gasteiger charge is -2.29. The van der Waals surface area contributed by atoms with Gasteiger partial charge in [0.1, 0.15) is 11.6 Å². The summed E-state index contributed by atoms with van der Waals surface area (Å²) in [7, 11) is 0. The van der Waals surface area contributed by atoms with Crippen molar-refractivity contribution in [2.75, 3.05) is 0 Å². The molecule has 0 atom stereocenters. The number of benzene rings is 1. The summed E-state index contributed by atoms with van der Waals surface area (Å²) in [6.07, 6.45) is 9.58. The second kappa shape index (κ2) is 6.10. The van der Waals surface area contributed by atoms with Crippen LogP contribution in [-0.2, 0) is 6.54 Å². The normalized spacial score (nSPS) is 24.8. The van der Waals surface area contributed by atoms with E-state index in [2.05, 4.69) is 11.5 Å². The maximum atomic E-state index is 13.1. The maximum Gasteiger partial charge on any atom is 0.123 e. The molecular formula is C20H25FN2. The van der Waals surface area contributed by atoms with Crippen molar-refractivity contribution < 1.29 is 4.39 Å². The fourth-order valence-electron chi connectivity index (χ4n) is 4.02. The van der Waals surface area contributed by atoms with Crippen molar-refractivity contribution in [2.24, 2.45) is 5.92 Å². The van der Waals surface area contributed by atoms with E-state index >= 15 is 0 Å². The van der Waals surface area contributed by atoms with E-state index in [1.165, 1.54) is 62.2 Å². The lowest BCUT2D eigenvalue weighted by molar-refractivity contribution is 0.373. The molecule has 2 aliphatic carbocycles. The molecule has 0 saturated heterocycles. The van der Waals surface area contributed by atoms with Crippen molar-refractivity contribution in [3.8, 4) is 0 Å². The molecule has 0 bridgehead atoms. The Morgan fingerprint density at radius 2 is 1.65 bits per heavy atom. The number of nitrogens with zero attached hydrogens (tertiary/aromatic N) is 2. The van der Waals surface area contributed by atoms with Gasteiger partial charge in [0.05, 0.1) is 0 Å². The third-order valence-corrected chi connectivity index (χ3v) is 5.66. The largest absolute Gasteiger partial charge is 0.332 e. The molecule has 0 spiro atoms. The minimum Gasteiger partial charge on any atom is -0.332 e. The fraction of sp³-hybridized carbons (Fsp3) is 0.550. The summed E-state index contributed by atoms with van der Waals surface area (Å²) < 4.78 is 15.6. The lowest BCUT2D eigenvalue weighted by Crippen LogP contribution is -2.17. The van der Waals surface area contributed by atoms with Crippen LogP contribution in [0.3, 0.4) is 0 Å². The van der Waals surface area contributed by atoms with E-state index in [4.69, 9.17) is 4.98 Å². The molecule has 4 rings (SSSR count). The number of rotatable bonds is 4. The Kier molecular flexibility index (Phi) is 3.96. The third-order valence-electron chi connectivity index (χ3n) is 5.66. The average molecular weight is 312 g/mol. The standard InChI is InChI=1S/C20H25FN2/c1-14-12-22-20(23(14)13-15-2-3-15)18-6-4-16(5-7-18)17-8-10-19(21)11-9-17/h8-12,15-16,18H,2-7,13H2,1H3. The second-order valence-corrected chi connectivity index (χ2v) is 7.41. The van der Waals surface area contributed by atoms with Crippen LogP contribution in [-0.4, -0.2) is 9.55 Å². The van der Waals surface area contributed by atoms with Gasteiger partial charge in [-0.3, -0.25) is 0 Å². The van der Waals surface area contributed by atoms with Crippen LogP contribution in [0.25, 0.3) is 0 Å². The van der Waals surface area contributed by atoms with Crippen LogP contribution in [0.2, 0.25) is 0 Å². The Balaban J connectivity index is 1.44. The zero-order chi connectivity index (χ0) is 15.8. The molecular weight excluding hydrogens is 287 g/mol. The SMILES string of the molecule is Cc1cnc(C2CCC(c3ccc(F)cc3)CC2)n1CC1CC1. The summed E-state index contributed by atoms with van der Waals surface area (Å²) in [4.78, 5) is 4.74. The summed E-state index contributed by atoms with van der Waals surface area (Å²) in [6.45, 7) is 3.35. The molecule has 1 aromatic carbocycles. The van der Waals surface area contributed by atoms with Gasteiger partial charge in [-0.05, 0) is 75.0 Å². The van der Waals surface area contributed by atoms with Crippen LogP contribution in [0.15, 0.2) is 30.5 Å². The zero-order valence-corrected chi connectivity index (χ0v) is 13.8. The zero-order valence-electron chi connectivity index (χ0n) is 13.8. The second-order valence-electron chi connectivity index (χ2n) is 7.41. The molecule has 0 unspecified atom stereocenters. The molecule has 0 radical (unpaired) electrons. The molecule has 0 aliphatic heterocycles. The van der Waals surface area contributed by atoms with Crippen molar-refractivity contribution in [3.05, 3.63) is 53.4 Å². The van der Waals surface area contributed by atoms with Crippen molar-refractivity contribution in [3.63, 3.8) is 0 Å². The predicted octanol–water partition coefficient (Wildman–Crippen LogP) is 5.18. The van der Waals surface area contributed by atoms with E-state index in [1.54, 1.807) is 12.1 Å². The van der Waals surface area contributed by atoms with Gasteiger partial charge in [-0.2, -0.15) is 0 Å². The monoisotopic (exact) mass is 312 g/mol. The van der Waals surface area contributed by atoms with Crippen LogP contribution in [0.4, 0.5) is 4.39 Å². The van der Waals surface area contributed by atoms with Gasteiger partial charge in [0.25, 0.3) is 0 Å². The Morgan fingerprint density at radius 1 is 1.00 bits per heavy atom. The van der Waals surface area contributed by atoms with Gasteiger partial charge < -0.3 is 4.57 Å². The molecule has 1 aromatic heterocycles. The van der Waals surface area contributed by atoms with E-state index in [-0.39, 0.29) is 5.82 Å². The van der Waals surface area contributed by atoms with Crippen LogP contribution in [0, 0.1) is 18.7 Å². The first-order chi connectivity index (χ1) is 11.2. The smallest absolute Gasteiger partial charge is 0.123 e. The summed E-state index contributed by atoms with van der Waals surface area (Å²) >= 11 is 0. The highest BCUT2D eigenvalue weighted by atomic mass is 19.1. The Hall–Kier alpha value is -1.64. The molecule has 1 heterocycles. The van der Waals surface area contributed by atoms with Crippen molar-refractivity contribution in [2.45, 2.75) is 63.8 Å². The molecule has 2 fully saturated rings. The van der Waals surface area contributed by atoms with Crippen LogP contribution < -0.4 is 0 Å². The first-order valence-corrected chi connectivity index (χ1v) is 8.98. The summed E-state index contributed by atoms with van der Waals surface area (Å²) in [5.74, 6) is 3.24. The summed E-state index contributed by atoms with van der Waals surface area (Å²) in [5.41, 5.74) is 2.61. The summed E-state index contributed by atoms with van der Waals surface area (Å²) in [5, 5.41) is 0. The number of aromatic nitrogens is 2. The predicted molar refractivity (Wildman–Crippen MR) is 90.0 cm³/mol. The summed E-state index contributed by atoms with van der Waals surface area (Å²) in [6, 6.07) is 7.09.